The van der Waals surface area contributed by atoms with Gasteiger partial charge in [-0.05, 0) is 31.7 Å². The highest BCUT2D eigenvalue weighted by atomic mass is 16.3. The number of likely N-dealkylation sites (N-methyl/N-ethyl adjacent to an activating group) is 1. The van der Waals surface area contributed by atoms with E-state index in [0.29, 0.717) is 12.6 Å². The normalized spacial score (nSPS) is 13.0. The van der Waals surface area contributed by atoms with Gasteiger partial charge in [0.05, 0.1) is 12.1 Å². The molecule has 0 amide bonds. The molecule has 0 bridgehead atoms. The molecule has 2 rings (SSSR count). The number of nitrogens with one attached hydrogen (secondary N) is 1. The Balaban J connectivity index is 1.88. The van der Waals surface area contributed by atoms with Crippen molar-refractivity contribution in [3.63, 3.8) is 0 Å². The van der Waals surface area contributed by atoms with Gasteiger partial charge in [0.15, 0.2) is 0 Å². The average Bonchev–Trinajstić information content (AvgIpc) is 2.45. The average molecular weight is 273 g/mol. The summed E-state index contributed by atoms with van der Waals surface area (Å²) >= 11 is 0. The number of benzene rings is 1. The number of fused-ring (bicyclic) bond motifs is 1. The molecule has 1 aromatic heterocycles. The van der Waals surface area contributed by atoms with Crippen molar-refractivity contribution in [1.82, 2.24) is 15.2 Å². The van der Waals surface area contributed by atoms with Crippen LogP contribution in [-0.4, -0.2) is 47.8 Å². The van der Waals surface area contributed by atoms with E-state index in [4.69, 9.17) is 5.11 Å². The molecule has 1 unspecified atom stereocenters. The monoisotopic (exact) mass is 273 g/mol. The molecule has 20 heavy (non-hydrogen) atoms. The molecule has 2 N–H and O–H groups in total. The zero-order valence-electron chi connectivity index (χ0n) is 12.2. The summed E-state index contributed by atoms with van der Waals surface area (Å²) in [6.45, 7) is 4.80. The lowest BCUT2D eigenvalue weighted by Crippen LogP contribution is -2.38. The summed E-state index contributed by atoms with van der Waals surface area (Å²) in [5.41, 5.74) is 2.23. The molecule has 4 heteroatoms. The van der Waals surface area contributed by atoms with Crippen LogP contribution in [0.1, 0.15) is 12.5 Å². The molecule has 0 aliphatic heterocycles. The lowest BCUT2D eigenvalue weighted by Gasteiger charge is -2.21. The Kier molecular flexibility index (Phi) is 5.47. The van der Waals surface area contributed by atoms with Crippen LogP contribution in [0.15, 0.2) is 36.5 Å². The summed E-state index contributed by atoms with van der Waals surface area (Å²) in [6, 6.07) is 10.7. The Bertz CT molecular complexity index is 544. The number of nitrogens with zero attached hydrogens (tertiary/aromatic N) is 2. The lowest BCUT2D eigenvalue weighted by atomic mass is 10.1. The van der Waals surface area contributed by atoms with Gasteiger partial charge in [-0.15, -0.1) is 0 Å². The molecule has 0 aliphatic carbocycles. The van der Waals surface area contributed by atoms with E-state index in [1.54, 1.807) is 0 Å². The highest BCUT2D eigenvalue weighted by Crippen LogP contribution is 2.12. The number of aliphatic hydroxyl groups is 1. The number of hydrogen-bond donors (Lipinski definition) is 2. The number of hydrogen-bond acceptors (Lipinski definition) is 4. The maximum Gasteiger partial charge on any atom is 0.0702 e. The van der Waals surface area contributed by atoms with Crippen molar-refractivity contribution < 1.29 is 5.11 Å². The van der Waals surface area contributed by atoms with E-state index < -0.39 is 0 Å². The smallest absolute Gasteiger partial charge is 0.0702 e. The van der Waals surface area contributed by atoms with Gasteiger partial charge in [0.2, 0.25) is 0 Å². The minimum absolute atomic E-state index is 0.206. The number of para-hydroxylation sites is 1. The fraction of sp³-hybridized carbons (Fsp3) is 0.438. The standard InChI is InChI=1S/C16H23N3O/c1-13(12-19(2)7-8-20)17-10-14-9-15-5-3-4-6-16(15)18-11-14/h3-6,9,11,13,17,20H,7-8,10,12H2,1-2H3. The van der Waals surface area contributed by atoms with Crippen LogP contribution in [0.25, 0.3) is 10.9 Å². The lowest BCUT2D eigenvalue weighted by molar-refractivity contribution is 0.210. The largest absolute Gasteiger partial charge is 0.395 e. The predicted octanol–water partition coefficient (Wildman–Crippen LogP) is 1.64. The topological polar surface area (TPSA) is 48.4 Å². The van der Waals surface area contributed by atoms with Gasteiger partial charge in [-0.3, -0.25) is 4.98 Å². The molecule has 108 valence electrons. The second-order valence-electron chi connectivity index (χ2n) is 5.30. The van der Waals surface area contributed by atoms with Gasteiger partial charge in [-0.1, -0.05) is 18.2 Å². The Morgan fingerprint density at radius 1 is 1.35 bits per heavy atom. The maximum absolute atomic E-state index is 8.89. The molecule has 0 saturated heterocycles. The number of pyridine rings is 1. The van der Waals surface area contributed by atoms with Gasteiger partial charge in [0.1, 0.15) is 0 Å². The molecule has 1 atom stereocenters. The van der Waals surface area contributed by atoms with Crippen LogP contribution in [0.2, 0.25) is 0 Å². The molecule has 0 spiro atoms. The summed E-state index contributed by atoms with van der Waals surface area (Å²) in [7, 11) is 2.02. The highest BCUT2D eigenvalue weighted by molar-refractivity contribution is 5.78. The first-order chi connectivity index (χ1) is 9.69. The van der Waals surface area contributed by atoms with E-state index in [0.717, 1.165) is 18.6 Å². The minimum atomic E-state index is 0.206. The molecule has 0 aliphatic rings. The first-order valence-corrected chi connectivity index (χ1v) is 7.05. The Morgan fingerprint density at radius 2 is 2.15 bits per heavy atom. The first kappa shape index (κ1) is 14.9. The van der Waals surface area contributed by atoms with Gasteiger partial charge in [0.25, 0.3) is 0 Å². The summed E-state index contributed by atoms with van der Waals surface area (Å²) < 4.78 is 0. The van der Waals surface area contributed by atoms with Crippen molar-refractivity contribution in [1.29, 1.82) is 0 Å². The molecule has 0 radical (unpaired) electrons. The van der Waals surface area contributed by atoms with Crippen LogP contribution in [0.5, 0.6) is 0 Å². The van der Waals surface area contributed by atoms with Crippen LogP contribution < -0.4 is 5.32 Å². The fourth-order valence-corrected chi connectivity index (χ4v) is 2.30. The molecular formula is C16H23N3O. The van der Waals surface area contributed by atoms with Crippen molar-refractivity contribution in [2.45, 2.75) is 19.5 Å². The summed E-state index contributed by atoms with van der Waals surface area (Å²) in [6.07, 6.45) is 1.93. The highest BCUT2D eigenvalue weighted by Gasteiger charge is 2.06. The van der Waals surface area contributed by atoms with E-state index in [-0.39, 0.29) is 6.61 Å². The van der Waals surface area contributed by atoms with Crippen molar-refractivity contribution in [2.24, 2.45) is 0 Å². The third-order valence-electron chi connectivity index (χ3n) is 3.37. The predicted molar refractivity (Wildman–Crippen MR) is 82.6 cm³/mol. The quantitative estimate of drug-likeness (QED) is 0.805. The third kappa shape index (κ3) is 4.27. The van der Waals surface area contributed by atoms with Gasteiger partial charge < -0.3 is 15.3 Å². The third-order valence-corrected chi connectivity index (χ3v) is 3.37. The van der Waals surface area contributed by atoms with Crippen LogP contribution >= 0.6 is 0 Å². The molecule has 4 nitrogen and oxygen atoms in total. The number of aliphatic hydroxyl groups excluding tert-OH is 1. The zero-order valence-corrected chi connectivity index (χ0v) is 12.2. The minimum Gasteiger partial charge on any atom is -0.395 e. The van der Waals surface area contributed by atoms with Crippen molar-refractivity contribution in [2.75, 3.05) is 26.7 Å². The SMILES string of the molecule is CC(CN(C)CCO)NCc1cnc2ccccc2c1. The molecular weight excluding hydrogens is 250 g/mol. The van der Waals surface area contributed by atoms with Gasteiger partial charge in [0, 0.05) is 37.3 Å². The van der Waals surface area contributed by atoms with E-state index in [9.17, 15) is 0 Å². The van der Waals surface area contributed by atoms with Gasteiger partial charge in [-0.25, -0.2) is 0 Å². The van der Waals surface area contributed by atoms with E-state index in [1.165, 1.54) is 10.9 Å². The van der Waals surface area contributed by atoms with Crippen molar-refractivity contribution in [3.8, 4) is 0 Å². The van der Waals surface area contributed by atoms with Crippen LogP contribution in [0.3, 0.4) is 0 Å². The van der Waals surface area contributed by atoms with Crippen LogP contribution in [0.4, 0.5) is 0 Å². The first-order valence-electron chi connectivity index (χ1n) is 7.05. The van der Waals surface area contributed by atoms with E-state index >= 15 is 0 Å². The van der Waals surface area contributed by atoms with E-state index in [1.807, 2.05) is 31.4 Å². The van der Waals surface area contributed by atoms with Crippen LogP contribution in [0, 0.1) is 0 Å². The summed E-state index contributed by atoms with van der Waals surface area (Å²) in [4.78, 5) is 6.59. The molecule has 0 saturated carbocycles. The molecule has 1 aromatic carbocycles. The second kappa shape index (κ2) is 7.33. The summed E-state index contributed by atoms with van der Waals surface area (Å²) in [5.74, 6) is 0. The Morgan fingerprint density at radius 3 is 2.95 bits per heavy atom. The zero-order chi connectivity index (χ0) is 14.4. The maximum atomic E-state index is 8.89. The fourth-order valence-electron chi connectivity index (χ4n) is 2.30. The number of rotatable bonds is 7. The Hall–Kier alpha value is -1.49. The van der Waals surface area contributed by atoms with Crippen LogP contribution in [-0.2, 0) is 6.54 Å². The molecule has 0 fully saturated rings. The van der Waals surface area contributed by atoms with Crippen molar-refractivity contribution in [3.05, 3.63) is 42.1 Å². The van der Waals surface area contributed by atoms with Gasteiger partial charge in [-0.2, -0.15) is 0 Å². The van der Waals surface area contributed by atoms with Crippen molar-refractivity contribution >= 4 is 10.9 Å². The van der Waals surface area contributed by atoms with Gasteiger partial charge >= 0.3 is 0 Å². The molecule has 1 heterocycles. The summed E-state index contributed by atoms with van der Waals surface area (Å²) in [5, 5.41) is 13.6. The van der Waals surface area contributed by atoms with E-state index in [2.05, 4.69) is 34.3 Å². The molecule has 2 aromatic rings. The second-order valence-corrected chi connectivity index (χ2v) is 5.30. The Labute approximate surface area is 120 Å². The number of aromatic nitrogens is 1.